The number of carbonyl (C=O) groups excluding carboxylic acids is 1. The number of amides is 1. The SMILES string of the molecule is CCCC(C)(C)NC(=O)c1cc(=O)[nH]c2c(Br)cccc12. The smallest absolute Gasteiger partial charge is 0.252 e. The lowest BCUT2D eigenvalue weighted by Crippen LogP contribution is -2.43. The van der Waals surface area contributed by atoms with E-state index in [9.17, 15) is 9.59 Å². The normalized spacial score (nSPS) is 11.6. The number of benzene rings is 1. The van der Waals surface area contributed by atoms with Crippen molar-refractivity contribution in [2.45, 2.75) is 39.2 Å². The van der Waals surface area contributed by atoms with Gasteiger partial charge in [-0.3, -0.25) is 9.59 Å². The number of rotatable bonds is 4. The van der Waals surface area contributed by atoms with Gasteiger partial charge in [0.2, 0.25) is 5.56 Å². The molecule has 2 aromatic rings. The summed E-state index contributed by atoms with van der Waals surface area (Å²) in [7, 11) is 0. The number of para-hydroxylation sites is 1. The second-order valence-corrected chi connectivity index (χ2v) is 6.65. The molecule has 112 valence electrons. The van der Waals surface area contributed by atoms with Gasteiger partial charge in [0, 0.05) is 21.5 Å². The Hall–Kier alpha value is -1.62. The van der Waals surface area contributed by atoms with Gasteiger partial charge in [-0.05, 0) is 42.3 Å². The summed E-state index contributed by atoms with van der Waals surface area (Å²) in [6, 6.07) is 6.86. The Morgan fingerprint density at radius 3 is 2.76 bits per heavy atom. The van der Waals surface area contributed by atoms with Crippen LogP contribution < -0.4 is 10.9 Å². The average molecular weight is 351 g/mol. The van der Waals surface area contributed by atoms with Crippen LogP contribution in [0.3, 0.4) is 0 Å². The van der Waals surface area contributed by atoms with E-state index in [1.807, 2.05) is 32.0 Å². The third-order valence-electron chi connectivity index (χ3n) is 3.40. The minimum absolute atomic E-state index is 0.220. The van der Waals surface area contributed by atoms with E-state index in [0.717, 1.165) is 22.7 Å². The summed E-state index contributed by atoms with van der Waals surface area (Å²) in [6.07, 6.45) is 1.86. The maximum atomic E-state index is 12.5. The zero-order chi connectivity index (χ0) is 15.6. The van der Waals surface area contributed by atoms with Crippen molar-refractivity contribution in [1.82, 2.24) is 10.3 Å². The van der Waals surface area contributed by atoms with Crippen molar-refractivity contribution in [2.24, 2.45) is 0 Å². The van der Waals surface area contributed by atoms with Crippen molar-refractivity contribution in [3.05, 3.63) is 44.7 Å². The molecular formula is C16H19BrN2O2. The number of H-pyrrole nitrogens is 1. The molecule has 2 N–H and O–H groups in total. The molecule has 0 spiro atoms. The van der Waals surface area contributed by atoms with Gasteiger partial charge in [-0.25, -0.2) is 0 Å². The number of fused-ring (bicyclic) bond motifs is 1. The minimum atomic E-state index is -0.299. The molecule has 0 atom stereocenters. The number of carbonyl (C=O) groups is 1. The predicted octanol–water partition coefficient (Wildman–Crippen LogP) is 3.60. The summed E-state index contributed by atoms with van der Waals surface area (Å²) >= 11 is 3.40. The summed E-state index contributed by atoms with van der Waals surface area (Å²) in [5.41, 5.74) is 0.461. The predicted molar refractivity (Wildman–Crippen MR) is 88.7 cm³/mol. The minimum Gasteiger partial charge on any atom is -0.347 e. The molecule has 1 aromatic heterocycles. The molecule has 2 rings (SSSR count). The van der Waals surface area contributed by atoms with Crippen LogP contribution in [0.5, 0.6) is 0 Å². The van der Waals surface area contributed by atoms with Crippen molar-refractivity contribution >= 4 is 32.7 Å². The lowest BCUT2D eigenvalue weighted by molar-refractivity contribution is 0.0910. The summed E-state index contributed by atoms with van der Waals surface area (Å²) in [5, 5.41) is 3.74. The van der Waals surface area contributed by atoms with E-state index in [2.05, 4.69) is 33.2 Å². The molecule has 0 saturated carbocycles. The molecule has 0 aliphatic rings. The number of hydrogen-bond donors (Lipinski definition) is 2. The zero-order valence-corrected chi connectivity index (χ0v) is 14.0. The van der Waals surface area contributed by atoms with E-state index in [0.29, 0.717) is 11.1 Å². The molecule has 0 fully saturated rings. The van der Waals surface area contributed by atoms with Gasteiger partial charge in [-0.15, -0.1) is 0 Å². The molecule has 0 unspecified atom stereocenters. The number of nitrogens with one attached hydrogen (secondary N) is 2. The van der Waals surface area contributed by atoms with E-state index in [4.69, 9.17) is 0 Å². The Kier molecular flexibility index (Phi) is 4.52. The molecule has 4 nitrogen and oxygen atoms in total. The highest BCUT2D eigenvalue weighted by atomic mass is 79.9. The third-order valence-corrected chi connectivity index (χ3v) is 4.06. The Labute approximate surface area is 132 Å². The van der Waals surface area contributed by atoms with Crippen molar-refractivity contribution in [3.63, 3.8) is 0 Å². The third kappa shape index (κ3) is 3.53. The molecule has 1 amide bonds. The van der Waals surface area contributed by atoms with Crippen LogP contribution in [-0.2, 0) is 0 Å². The number of halogens is 1. The second kappa shape index (κ2) is 6.02. The first-order valence-electron chi connectivity index (χ1n) is 6.98. The quantitative estimate of drug-likeness (QED) is 0.884. The number of pyridine rings is 1. The van der Waals surface area contributed by atoms with Crippen LogP contribution in [0.15, 0.2) is 33.5 Å². The van der Waals surface area contributed by atoms with Crippen LogP contribution in [-0.4, -0.2) is 16.4 Å². The van der Waals surface area contributed by atoms with Gasteiger partial charge < -0.3 is 10.3 Å². The molecule has 0 radical (unpaired) electrons. The summed E-state index contributed by atoms with van der Waals surface area (Å²) in [5.74, 6) is -0.220. The topological polar surface area (TPSA) is 62.0 Å². The summed E-state index contributed by atoms with van der Waals surface area (Å²) < 4.78 is 0.763. The largest absolute Gasteiger partial charge is 0.347 e. The molecule has 1 heterocycles. The molecule has 0 bridgehead atoms. The lowest BCUT2D eigenvalue weighted by atomic mass is 9.98. The summed E-state index contributed by atoms with van der Waals surface area (Å²) in [4.78, 5) is 27.1. The fraction of sp³-hybridized carbons (Fsp3) is 0.375. The molecular weight excluding hydrogens is 332 g/mol. The van der Waals surface area contributed by atoms with Gasteiger partial charge >= 0.3 is 0 Å². The maximum absolute atomic E-state index is 12.5. The van der Waals surface area contributed by atoms with Crippen molar-refractivity contribution in [3.8, 4) is 0 Å². The number of hydrogen-bond acceptors (Lipinski definition) is 2. The molecule has 0 saturated heterocycles. The van der Waals surface area contributed by atoms with E-state index >= 15 is 0 Å². The van der Waals surface area contributed by atoms with Gasteiger partial charge in [-0.2, -0.15) is 0 Å². The van der Waals surface area contributed by atoms with Gasteiger partial charge in [-0.1, -0.05) is 25.5 Å². The van der Waals surface area contributed by atoms with Crippen LogP contribution in [0, 0.1) is 0 Å². The van der Waals surface area contributed by atoms with E-state index in [1.165, 1.54) is 6.07 Å². The van der Waals surface area contributed by atoms with E-state index in [-0.39, 0.29) is 17.0 Å². The van der Waals surface area contributed by atoms with Gasteiger partial charge in [0.05, 0.1) is 11.1 Å². The van der Waals surface area contributed by atoms with Crippen LogP contribution >= 0.6 is 15.9 Å². The van der Waals surface area contributed by atoms with Gasteiger partial charge in [0.15, 0.2) is 0 Å². The Balaban J connectivity index is 2.49. The number of aromatic nitrogens is 1. The Morgan fingerprint density at radius 2 is 2.10 bits per heavy atom. The zero-order valence-electron chi connectivity index (χ0n) is 12.4. The molecule has 0 aliphatic heterocycles. The first-order chi connectivity index (χ1) is 9.84. The molecule has 5 heteroatoms. The van der Waals surface area contributed by atoms with Crippen molar-refractivity contribution in [2.75, 3.05) is 0 Å². The molecule has 21 heavy (non-hydrogen) atoms. The highest BCUT2D eigenvalue weighted by molar-refractivity contribution is 9.10. The molecule has 0 aliphatic carbocycles. The van der Waals surface area contributed by atoms with E-state index < -0.39 is 0 Å². The standard InChI is InChI=1S/C16H19BrN2O2/c1-4-8-16(2,3)19-15(21)11-9-13(20)18-14-10(11)6-5-7-12(14)17/h5-7,9H,4,8H2,1-3H3,(H,18,20)(H,19,21). The Morgan fingerprint density at radius 1 is 1.38 bits per heavy atom. The lowest BCUT2D eigenvalue weighted by Gasteiger charge is -2.26. The summed E-state index contributed by atoms with van der Waals surface area (Å²) in [6.45, 7) is 6.05. The fourth-order valence-corrected chi connectivity index (χ4v) is 2.96. The van der Waals surface area contributed by atoms with Crippen molar-refractivity contribution < 1.29 is 4.79 Å². The monoisotopic (exact) mass is 350 g/mol. The highest BCUT2D eigenvalue weighted by Gasteiger charge is 2.22. The fourth-order valence-electron chi connectivity index (χ4n) is 2.49. The average Bonchev–Trinajstić information content (AvgIpc) is 2.38. The first kappa shape index (κ1) is 15.8. The van der Waals surface area contributed by atoms with Crippen LogP contribution in [0.1, 0.15) is 44.0 Å². The van der Waals surface area contributed by atoms with Gasteiger partial charge in [0.1, 0.15) is 0 Å². The van der Waals surface area contributed by atoms with E-state index in [1.54, 1.807) is 0 Å². The van der Waals surface area contributed by atoms with Gasteiger partial charge in [0.25, 0.3) is 5.91 Å². The highest BCUT2D eigenvalue weighted by Crippen LogP contribution is 2.23. The first-order valence-corrected chi connectivity index (χ1v) is 7.77. The van der Waals surface area contributed by atoms with Crippen LogP contribution in [0.2, 0.25) is 0 Å². The number of aromatic amines is 1. The van der Waals surface area contributed by atoms with Crippen LogP contribution in [0.4, 0.5) is 0 Å². The Bertz CT molecular complexity index is 735. The maximum Gasteiger partial charge on any atom is 0.252 e. The van der Waals surface area contributed by atoms with Crippen LogP contribution in [0.25, 0.3) is 10.9 Å². The molecule has 1 aromatic carbocycles. The second-order valence-electron chi connectivity index (χ2n) is 5.80. The van der Waals surface area contributed by atoms with Crippen molar-refractivity contribution in [1.29, 1.82) is 0 Å².